The van der Waals surface area contributed by atoms with Gasteiger partial charge in [0.15, 0.2) is 0 Å². The number of carboxylic acid groups (broad SMARTS) is 1. The first-order valence-electron chi connectivity index (χ1n) is 7.08. The SMILES string of the molecule is CN(C)C(=O)N1CCC(C(=O)N2CC=C[C@@H]2C(=O)O)CC1. The van der Waals surface area contributed by atoms with Crippen molar-refractivity contribution < 1.29 is 19.5 Å². The van der Waals surface area contributed by atoms with Gasteiger partial charge in [-0.1, -0.05) is 12.2 Å². The number of hydrogen-bond donors (Lipinski definition) is 1. The zero-order chi connectivity index (χ0) is 15.6. The molecule has 0 bridgehead atoms. The van der Waals surface area contributed by atoms with Crippen LogP contribution in [0.5, 0.6) is 0 Å². The molecule has 2 aliphatic heterocycles. The number of hydrogen-bond acceptors (Lipinski definition) is 3. The van der Waals surface area contributed by atoms with Gasteiger partial charge in [0.1, 0.15) is 6.04 Å². The van der Waals surface area contributed by atoms with Gasteiger partial charge in [-0.3, -0.25) is 4.79 Å². The molecule has 0 unspecified atom stereocenters. The van der Waals surface area contributed by atoms with Crippen LogP contribution in [0.1, 0.15) is 12.8 Å². The maximum absolute atomic E-state index is 12.4. The lowest BCUT2D eigenvalue weighted by atomic mass is 9.95. The van der Waals surface area contributed by atoms with Crippen LogP contribution in [0.15, 0.2) is 12.2 Å². The monoisotopic (exact) mass is 295 g/mol. The number of nitrogens with zero attached hydrogens (tertiary/aromatic N) is 3. The molecule has 0 spiro atoms. The molecule has 7 heteroatoms. The summed E-state index contributed by atoms with van der Waals surface area (Å²) in [7, 11) is 3.40. The quantitative estimate of drug-likeness (QED) is 0.740. The first kappa shape index (κ1) is 15.3. The highest BCUT2D eigenvalue weighted by molar-refractivity contribution is 5.87. The second kappa shape index (κ2) is 6.15. The normalized spacial score (nSPS) is 22.5. The molecule has 2 aliphatic rings. The maximum Gasteiger partial charge on any atom is 0.330 e. The van der Waals surface area contributed by atoms with Gasteiger partial charge in [0.25, 0.3) is 0 Å². The van der Waals surface area contributed by atoms with Gasteiger partial charge < -0.3 is 19.8 Å². The Balaban J connectivity index is 1.92. The second-order valence-electron chi connectivity index (χ2n) is 5.64. The van der Waals surface area contributed by atoms with Gasteiger partial charge in [-0.15, -0.1) is 0 Å². The third kappa shape index (κ3) is 3.17. The van der Waals surface area contributed by atoms with Gasteiger partial charge in [0.05, 0.1) is 0 Å². The van der Waals surface area contributed by atoms with Crippen LogP contribution in [0.4, 0.5) is 4.79 Å². The molecule has 0 radical (unpaired) electrons. The predicted octanol–water partition coefficient (Wildman–Crippen LogP) is 0.232. The minimum absolute atomic E-state index is 0.0489. The Hall–Kier alpha value is -2.05. The fourth-order valence-electron chi connectivity index (χ4n) is 2.80. The fraction of sp³-hybridized carbons (Fsp3) is 0.643. The summed E-state index contributed by atoms with van der Waals surface area (Å²) in [6, 6.07) is -0.897. The van der Waals surface area contributed by atoms with Gasteiger partial charge in [-0.05, 0) is 12.8 Å². The molecule has 0 aromatic heterocycles. The molecule has 1 fully saturated rings. The van der Waals surface area contributed by atoms with Crippen LogP contribution in [0.3, 0.4) is 0 Å². The first-order chi connectivity index (χ1) is 9.91. The van der Waals surface area contributed by atoms with E-state index in [-0.39, 0.29) is 17.9 Å². The Kier molecular flexibility index (Phi) is 4.50. The fourth-order valence-corrected chi connectivity index (χ4v) is 2.80. The van der Waals surface area contributed by atoms with E-state index in [1.54, 1.807) is 31.1 Å². The van der Waals surface area contributed by atoms with E-state index in [4.69, 9.17) is 5.11 Å². The number of piperidine rings is 1. The van der Waals surface area contributed by atoms with Crippen molar-refractivity contribution in [3.63, 3.8) is 0 Å². The Bertz CT molecular complexity index is 467. The van der Waals surface area contributed by atoms with Crippen LogP contribution in [0.25, 0.3) is 0 Å². The summed E-state index contributed by atoms with van der Waals surface area (Å²) < 4.78 is 0. The van der Waals surface area contributed by atoms with Crippen LogP contribution in [-0.2, 0) is 9.59 Å². The molecule has 7 nitrogen and oxygen atoms in total. The smallest absolute Gasteiger partial charge is 0.330 e. The lowest BCUT2D eigenvalue weighted by molar-refractivity contribution is -0.149. The van der Waals surface area contributed by atoms with Crippen molar-refractivity contribution in [1.82, 2.24) is 14.7 Å². The number of likely N-dealkylation sites (tertiary alicyclic amines) is 1. The zero-order valence-electron chi connectivity index (χ0n) is 12.4. The average Bonchev–Trinajstić information content (AvgIpc) is 2.95. The molecule has 116 valence electrons. The number of rotatable bonds is 2. The van der Waals surface area contributed by atoms with Gasteiger partial charge in [0.2, 0.25) is 5.91 Å². The Labute approximate surface area is 123 Å². The van der Waals surface area contributed by atoms with Gasteiger partial charge >= 0.3 is 12.0 Å². The summed E-state index contributed by atoms with van der Waals surface area (Å²) in [5.41, 5.74) is 0. The van der Waals surface area contributed by atoms with E-state index < -0.39 is 12.0 Å². The summed E-state index contributed by atoms with van der Waals surface area (Å²) in [5.74, 6) is -1.32. The van der Waals surface area contributed by atoms with Crippen molar-refractivity contribution in [2.45, 2.75) is 18.9 Å². The third-order valence-corrected chi connectivity index (χ3v) is 3.99. The van der Waals surface area contributed by atoms with Crippen LogP contribution in [0.2, 0.25) is 0 Å². The Morgan fingerprint density at radius 3 is 2.33 bits per heavy atom. The van der Waals surface area contributed by atoms with E-state index in [0.29, 0.717) is 32.5 Å². The molecular formula is C14H21N3O4. The largest absolute Gasteiger partial charge is 0.479 e. The summed E-state index contributed by atoms with van der Waals surface area (Å²) >= 11 is 0. The summed E-state index contributed by atoms with van der Waals surface area (Å²) in [5, 5.41) is 9.10. The van der Waals surface area contributed by atoms with E-state index in [0.717, 1.165) is 0 Å². The topological polar surface area (TPSA) is 81.2 Å². The van der Waals surface area contributed by atoms with Crippen LogP contribution in [0, 0.1) is 5.92 Å². The number of aliphatic carboxylic acids is 1. The lowest BCUT2D eigenvalue weighted by Gasteiger charge is -2.35. The maximum atomic E-state index is 12.4. The third-order valence-electron chi connectivity index (χ3n) is 3.99. The van der Waals surface area contributed by atoms with E-state index >= 15 is 0 Å². The molecule has 1 atom stereocenters. The van der Waals surface area contributed by atoms with Crippen LogP contribution < -0.4 is 0 Å². The van der Waals surface area contributed by atoms with Gasteiger partial charge in [0, 0.05) is 39.6 Å². The Morgan fingerprint density at radius 1 is 1.19 bits per heavy atom. The Morgan fingerprint density at radius 2 is 1.81 bits per heavy atom. The molecule has 0 aromatic rings. The molecular weight excluding hydrogens is 274 g/mol. The van der Waals surface area contributed by atoms with E-state index in [2.05, 4.69) is 0 Å². The summed E-state index contributed by atoms with van der Waals surface area (Å²) in [4.78, 5) is 40.0. The van der Waals surface area contributed by atoms with Crippen LogP contribution >= 0.6 is 0 Å². The van der Waals surface area contributed by atoms with Crippen molar-refractivity contribution in [1.29, 1.82) is 0 Å². The van der Waals surface area contributed by atoms with E-state index in [9.17, 15) is 14.4 Å². The highest BCUT2D eigenvalue weighted by Crippen LogP contribution is 2.23. The second-order valence-corrected chi connectivity index (χ2v) is 5.64. The predicted molar refractivity (Wildman–Crippen MR) is 75.7 cm³/mol. The molecule has 2 heterocycles. The minimum atomic E-state index is -1.00. The number of carbonyl (C=O) groups excluding carboxylic acids is 2. The van der Waals surface area contributed by atoms with E-state index in [1.165, 1.54) is 9.80 Å². The summed E-state index contributed by atoms with van der Waals surface area (Å²) in [6.45, 7) is 1.42. The van der Waals surface area contributed by atoms with Crippen molar-refractivity contribution in [3.05, 3.63) is 12.2 Å². The highest BCUT2D eigenvalue weighted by atomic mass is 16.4. The standard InChI is InChI=1S/C14H21N3O4/c1-15(2)14(21)16-8-5-10(6-9-16)12(18)17-7-3-4-11(17)13(19)20/h3-4,10-11H,5-9H2,1-2H3,(H,19,20)/t11-/m1/s1. The van der Waals surface area contributed by atoms with Crippen molar-refractivity contribution in [2.24, 2.45) is 5.92 Å². The molecule has 0 saturated carbocycles. The molecule has 3 amide bonds. The van der Waals surface area contributed by atoms with Crippen LogP contribution in [-0.4, -0.2) is 77.5 Å². The van der Waals surface area contributed by atoms with Gasteiger partial charge in [-0.2, -0.15) is 0 Å². The van der Waals surface area contributed by atoms with Crippen molar-refractivity contribution in [3.8, 4) is 0 Å². The lowest BCUT2D eigenvalue weighted by Crippen LogP contribution is -2.49. The van der Waals surface area contributed by atoms with Crippen molar-refractivity contribution in [2.75, 3.05) is 33.7 Å². The zero-order valence-corrected chi connectivity index (χ0v) is 12.4. The average molecular weight is 295 g/mol. The first-order valence-corrected chi connectivity index (χ1v) is 7.08. The molecule has 21 heavy (non-hydrogen) atoms. The molecule has 2 rings (SSSR count). The van der Waals surface area contributed by atoms with Crippen molar-refractivity contribution >= 4 is 17.9 Å². The number of urea groups is 1. The minimum Gasteiger partial charge on any atom is -0.479 e. The van der Waals surface area contributed by atoms with E-state index in [1.807, 2.05) is 0 Å². The molecule has 1 saturated heterocycles. The van der Waals surface area contributed by atoms with Gasteiger partial charge in [-0.25, -0.2) is 9.59 Å². The molecule has 0 aromatic carbocycles. The molecule has 0 aliphatic carbocycles. The molecule has 1 N–H and O–H groups in total. The number of carbonyl (C=O) groups is 3. The highest BCUT2D eigenvalue weighted by Gasteiger charge is 2.36. The number of carboxylic acids is 1. The number of amides is 3. The summed E-state index contributed by atoms with van der Waals surface area (Å²) in [6.07, 6.45) is 4.43.